The highest BCUT2D eigenvalue weighted by Crippen LogP contribution is 2.19. The number of benzene rings is 1. The van der Waals surface area contributed by atoms with Crippen LogP contribution in [0.25, 0.3) is 11.7 Å². The van der Waals surface area contributed by atoms with Gasteiger partial charge in [-0.25, -0.2) is 0 Å². The van der Waals surface area contributed by atoms with Gasteiger partial charge in [-0.15, -0.1) is 5.10 Å². The molecule has 19 heavy (non-hydrogen) atoms. The Morgan fingerprint density at radius 2 is 2.11 bits per heavy atom. The first-order valence-corrected chi connectivity index (χ1v) is 6.26. The molecule has 0 amide bonds. The standard InChI is InChI=1S/C11H9BrN6O/c12-7-4-2-1-3-6(7)5-8-14-10(19-18-8)9-15-11(13)17-16-9/h1-4H,5H2,(H3,13,15,16,17). The van der Waals surface area contributed by atoms with Gasteiger partial charge in [0, 0.05) is 10.9 Å². The van der Waals surface area contributed by atoms with Gasteiger partial charge in [-0.05, 0) is 11.6 Å². The summed E-state index contributed by atoms with van der Waals surface area (Å²) in [5.41, 5.74) is 6.49. The van der Waals surface area contributed by atoms with Crippen LogP contribution in [0, 0.1) is 0 Å². The van der Waals surface area contributed by atoms with Crippen LogP contribution in [-0.2, 0) is 6.42 Å². The van der Waals surface area contributed by atoms with Gasteiger partial charge in [0.25, 0.3) is 5.89 Å². The molecule has 0 unspecified atom stereocenters. The zero-order valence-corrected chi connectivity index (χ0v) is 11.3. The largest absolute Gasteiger partial charge is 0.366 e. The van der Waals surface area contributed by atoms with Crippen LogP contribution in [-0.4, -0.2) is 25.3 Å². The van der Waals surface area contributed by atoms with Crippen molar-refractivity contribution in [3.63, 3.8) is 0 Å². The molecule has 0 radical (unpaired) electrons. The molecule has 96 valence electrons. The third-order valence-electron chi connectivity index (χ3n) is 2.48. The number of nitrogens with zero attached hydrogens (tertiary/aromatic N) is 4. The number of H-pyrrole nitrogens is 1. The fourth-order valence-corrected chi connectivity index (χ4v) is 2.03. The predicted octanol–water partition coefficient (Wildman–Crippen LogP) is 1.79. The number of aromatic amines is 1. The van der Waals surface area contributed by atoms with E-state index in [4.69, 9.17) is 10.3 Å². The molecule has 3 N–H and O–H groups in total. The molecule has 7 nitrogen and oxygen atoms in total. The highest BCUT2D eigenvalue weighted by Gasteiger charge is 2.13. The van der Waals surface area contributed by atoms with Crippen molar-refractivity contribution in [3.8, 4) is 11.7 Å². The average molecular weight is 321 g/mol. The van der Waals surface area contributed by atoms with E-state index in [9.17, 15) is 0 Å². The minimum atomic E-state index is 0.139. The molecule has 0 fully saturated rings. The molecule has 0 bridgehead atoms. The number of anilines is 1. The minimum absolute atomic E-state index is 0.139. The molecular formula is C11H9BrN6O. The number of nitrogen functional groups attached to an aromatic ring is 1. The summed E-state index contributed by atoms with van der Waals surface area (Å²) in [5, 5.41) is 10.2. The fourth-order valence-electron chi connectivity index (χ4n) is 1.60. The van der Waals surface area contributed by atoms with Gasteiger partial charge >= 0.3 is 0 Å². The molecule has 2 heterocycles. The molecule has 0 aliphatic rings. The molecule has 0 aliphatic carbocycles. The van der Waals surface area contributed by atoms with Crippen LogP contribution in [0.1, 0.15) is 11.4 Å². The molecular weight excluding hydrogens is 312 g/mol. The number of hydrogen-bond donors (Lipinski definition) is 2. The number of hydrogen-bond acceptors (Lipinski definition) is 6. The molecule has 0 saturated carbocycles. The summed E-state index contributed by atoms with van der Waals surface area (Å²) in [5.74, 6) is 1.34. The van der Waals surface area contributed by atoms with Crippen molar-refractivity contribution in [2.75, 3.05) is 5.73 Å². The second-order valence-corrected chi connectivity index (χ2v) is 4.68. The van der Waals surface area contributed by atoms with Crippen molar-refractivity contribution in [2.24, 2.45) is 0 Å². The van der Waals surface area contributed by atoms with Crippen molar-refractivity contribution < 1.29 is 4.52 Å². The lowest BCUT2D eigenvalue weighted by Gasteiger charge is -1.99. The number of halogens is 1. The van der Waals surface area contributed by atoms with E-state index in [2.05, 4.69) is 41.3 Å². The first-order chi connectivity index (χ1) is 9.22. The predicted molar refractivity (Wildman–Crippen MR) is 71.0 cm³/mol. The Kier molecular flexibility index (Phi) is 3.00. The average Bonchev–Trinajstić information content (AvgIpc) is 3.01. The Morgan fingerprint density at radius 1 is 1.26 bits per heavy atom. The fraction of sp³-hybridized carbons (Fsp3) is 0.0909. The third-order valence-corrected chi connectivity index (χ3v) is 3.25. The Labute approximate surface area is 116 Å². The van der Waals surface area contributed by atoms with E-state index in [0.29, 0.717) is 18.1 Å². The normalized spacial score (nSPS) is 10.8. The molecule has 1 aromatic carbocycles. The zero-order valence-electron chi connectivity index (χ0n) is 9.67. The van der Waals surface area contributed by atoms with Crippen LogP contribution in [0.4, 0.5) is 5.95 Å². The Bertz CT molecular complexity index is 707. The van der Waals surface area contributed by atoms with E-state index >= 15 is 0 Å². The molecule has 0 saturated heterocycles. The van der Waals surface area contributed by atoms with Gasteiger partial charge in [-0.2, -0.15) is 9.97 Å². The summed E-state index contributed by atoms with van der Waals surface area (Å²) in [4.78, 5) is 8.17. The summed E-state index contributed by atoms with van der Waals surface area (Å²) in [6.07, 6.45) is 0.564. The van der Waals surface area contributed by atoms with Crippen molar-refractivity contribution in [1.82, 2.24) is 25.3 Å². The van der Waals surface area contributed by atoms with Crippen molar-refractivity contribution >= 4 is 21.9 Å². The molecule has 2 aromatic heterocycles. The van der Waals surface area contributed by atoms with Crippen molar-refractivity contribution in [1.29, 1.82) is 0 Å². The lowest BCUT2D eigenvalue weighted by Crippen LogP contribution is -1.92. The number of aromatic nitrogens is 5. The van der Waals surface area contributed by atoms with Crippen LogP contribution in [0.2, 0.25) is 0 Å². The van der Waals surface area contributed by atoms with Gasteiger partial charge < -0.3 is 10.3 Å². The van der Waals surface area contributed by atoms with Crippen LogP contribution in [0.3, 0.4) is 0 Å². The molecule has 3 aromatic rings. The van der Waals surface area contributed by atoms with Gasteiger partial charge in [0.15, 0.2) is 5.82 Å². The van der Waals surface area contributed by atoms with E-state index < -0.39 is 0 Å². The first kappa shape index (κ1) is 11.8. The monoisotopic (exact) mass is 320 g/mol. The second-order valence-electron chi connectivity index (χ2n) is 3.83. The lowest BCUT2D eigenvalue weighted by atomic mass is 10.1. The van der Waals surface area contributed by atoms with Gasteiger partial charge in [0.05, 0.1) is 0 Å². The minimum Gasteiger partial charge on any atom is -0.366 e. The smallest absolute Gasteiger partial charge is 0.295 e. The van der Waals surface area contributed by atoms with Gasteiger partial charge in [0.2, 0.25) is 11.8 Å². The maximum Gasteiger partial charge on any atom is 0.295 e. The maximum atomic E-state index is 5.42. The molecule has 0 aliphatic heterocycles. The van der Waals surface area contributed by atoms with Crippen LogP contribution in [0.15, 0.2) is 33.3 Å². The number of nitrogens with two attached hydrogens (primary N) is 1. The van der Waals surface area contributed by atoms with Gasteiger partial charge in [0.1, 0.15) is 0 Å². The Hall–Kier alpha value is -2.22. The van der Waals surface area contributed by atoms with Crippen LogP contribution >= 0.6 is 15.9 Å². The summed E-state index contributed by atoms with van der Waals surface area (Å²) in [7, 11) is 0. The van der Waals surface area contributed by atoms with E-state index in [0.717, 1.165) is 10.0 Å². The number of rotatable bonds is 3. The summed E-state index contributed by atoms with van der Waals surface area (Å²) in [6, 6.07) is 7.87. The van der Waals surface area contributed by atoms with Crippen LogP contribution in [0.5, 0.6) is 0 Å². The topological polar surface area (TPSA) is 107 Å². The van der Waals surface area contributed by atoms with Crippen molar-refractivity contribution in [3.05, 3.63) is 40.1 Å². The molecule has 8 heteroatoms. The van der Waals surface area contributed by atoms with Crippen molar-refractivity contribution in [2.45, 2.75) is 6.42 Å². The molecule has 0 atom stereocenters. The highest BCUT2D eigenvalue weighted by atomic mass is 79.9. The lowest BCUT2D eigenvalue weighted by molar-refractivity contribution is 0.421. The number of nitrogens with one attached hydrogen (secondary N) is 1. The van der Waals surface area contributed by atoms with Gasteiger partial charge in [-0.3, -0.25) is 5.10 Å². The van der Waals surface area contributed by atoms with E-state index in [1.54, 1.807) is 0 Å². The third kappa shape index (κ3) is 2.48. The van der Waals surface area contributed by atoms with E-state index in [1.807, 2.05) is 24.3 Å². The van der Waals surface area contributed by atoms with Crippen LogP contribution < -0.4 is 5.73 Å². The zero-order chi connectivity index (χ0) is 13.2. The summed E-state index contributed by atoms with van der Waals surface area (Å²) in [6.45, 7) is 0. The van der Waals surface area contributed by atoms with E-state index in [-0.39, 0.29) is 11.8 Å². The summed E-state index contributed by atoms with van der Waals surface area (Å²) >= 11 is 3.48. The molecule has 0 spiro atoms. The second kappa shape index (κ2) is 4.81. The quantitative estimate of drug-likeness (QED) is 0.762. The van der Waals surface area contributed by atoms with Gasteiger partial charge in [-0.1, -0.05) is 39.3 Å². The van der Waals surface area contributed by atoms with E-state index in [1.165, 1.54) is 0 Å². The first-order valence-electron chi connectivity index (χ1n) is 5.46. The highest BCUT2D eigenvalue weighted by molar-refractivity contribution is 9.10. The molecule has 3 rings (SSSR count). The summed E-state index contributed by atoms with van der Waals surface area (Å²) < 4.78 is 6.12. The maximum absolute atomic E-state index is 5.42. The Balaban J connectivity index is 1.84. The SMILES string of the molecule is Nc1n[nH]c(-c2nc(Cc3ccccc3Br)no2)n1. The Morgan fingerprint density at radius 3 is 2.84 bits per heavy atom.